The summed E-state index contributed by atoms with van der Waals surface area (Å²) in [6.45, 7) is 2.31. The number of amides is 1. The molecular formula is C18H21NO3. The van der Waals surface area contributed by atoms with Crippen molar-refractivity contribution in [2.24, 2.45) is 5.92 Å². The second-order valence-corrected chi connectivity index (χ2v) is 6.10. The fraction of sp³-hybridized carbons (Fsp3) is 0.444. The van der Waals surface area contributed by atoms with Crippen LogP contribution in [-0.2, 0) is 0 Å². The summed E-state index contributed by atoms with van der Waals surface area (Å²) < 4.78 is 5.66. The Morgan fingerprint density at radius 1 is 1.23 bits per heavy atom. The van der Waals surface area contributed by atoms with Crippen molar-refractivity contribution in [1.82, 2.24) is 5.32 Å². The van der Waals surface area contributed by atoms with Crippen LogP contribution in [0.25, 0.3) is 11.0 Å². The summed E-state index contributed by atoms with van der Waals surface area (Å²) in [6.07, 6.45) is 6.11. The molecule has 0 atom stereocenters. The Hall–Kier alpha value is -2.10. The fourth-order valence-electron chi connectivity index (χ4n) is 3.16. The normalized spacial score (nSPS) is 15.9. The van der Waals surface area contributed by atoms with Crippen LogP contribution in [-0.4, -0.2) is 12.5 Å². The molecule has 1 amide bonds. The lowest BCUT2D eigenvalue weighted by Gasteiger charge is -2.21. The number of para-hydroxylation sites is 1. The minimum absolute atomic E-state index is 0.135. The van der Waals surface area contributed by atoms with E-state index in [-0.39, 0.29) is 17.1 Å². The number of fused-ring (bicyclic) bond motifs is 1. The Labute approximate surface area is 129 Å². The van der Waals surface area contributed by atoms with Gasteiger partial charge < -0.3 is 9.73 Å². The van der Waals surface area contributed by atoms with Crippen molar-refractivity contribution < 1.29 is 9.21 Å². The minimum Gasteiger partial charge on any atom is -0.450 e. The van der Waals surface area contributed by atoms with Gasteiger partial charge in [0, 0.05) is 12.1 Å². The van der Waals surface area contributed by atoms with E-state index in [1.807, 2.05) is 0 Å². The molecule has 22 heavy (non-hydrogen) atoms. The molecule has 1 N–H and O–H groups in total. The number of rotatable bonds is 3. The van der Waals surface area contributed by atoms with Crippen molar-refractivity contribution in [3.63, 3.8) is 0 Å². The molecule has 1 aliphatic carbocycles. The van der Waals surface area contributed by atoms with Gasteiger partial charge in [-0.1, -0.05) is 31.4 Å². The van der Waals surface area contributed by atoms with Crippen molar-refractivity contribution in [3.05, 3.63) is 45.8 Å². The Kier molecular flexibility index (Phi) is 4.27. The van der Waals surface area contributed by atoms with Gasteiger partial charge in [0.05, 0.1) is 5.39 Å². The molecular weight excluding hydrogens is 278 g/mol. The highest BCUT2D eigenvalue weighted by Crippen LogP contribution is 2.23. The summed E-state index contributed by atoms with van der Waals surface area (Å²) in [6, 6.07) is 7.03. The van der Waals surface area contributed by atoms with Gasteiger partial charge in [-0.3, -0.25) is 9.59 Å². The number of hydrogen-bond acceptors (Lipinski definition) is 3. The average Bonchev–Trinajstić information content (AvgIpc) is 2.57. The zero-order valence-corrected chi connectivity index (χ0v) is 12.9. The van der Waals surface area contributed by atoms with Crippen molar-refractivity contribution in [3.8, 4) is 0 Å². The van der Waals surface area contributed by atoms with Crippen LogP contribution < -0.4 is 10.7 Å². The predicted octanol–water partition coefficient (Wildman–Crippen LogP) is 3.41. The topological polar surface area (TPSA) is 59.3 Å². The van der Waals surface area contributed by atoms with Crippen LogP contribution in [0.2, 0.25) is 0 Å². The summed E-state index contributed by atoms with van der Waals surface area (Å²) >= 11 is 0. The highest BCUT2D eigenvalue weighted by Gasteiger charge is 2.19. The monoisotopic (exact) mass is 299 g/mol. The molecule has 4 nitrogen and oxygen atoms in total. The van der Waals surface area contributed by atoms with E-state index >= 15 is 0 Å². The van der Waals surface area contributed by atoms with Crippen LogP contribution >= 0.6 is 0 Å². The highest BCUT2D eigenvalue weighted by atomic mass is 16.3. The third-order valence-corrected chi connectivity index (χ3v) is 4.51. The summed E-state index contributed by atoms with van der Waals surface area (Å²) in [5.41, 5.74) is 0.699. The molecule has 0 saturated heterocycles. The molecule has 0 aliphatic heterocycles. The lowest BCUT2D eigenvalue weighted by Crippen LogP contribution is -2.31. The first-order valence-electron chi connectivity index (χ1n) is 7.97. The van der Waals surface area contributed by atoms with Crippen molar-refractivity contribution in [1.29, 1.82) is 0 Å². The van der Waals surface area contributed by atoms with Gasteiger partial charge in [0.2, 0.25) is 0 Å². The zero-order chi connectivity index (χ0) is 15.5. The second-order valence-electron chi connectivity index (χ2n) is 6.10. The van der Waals surface area contributed by atoms with Crippen LogP contribution in [0.4, 0.5) is 0 Å². The number of carbonyl (C=O) groups excluding carboxylic acids is 1. The molecule has 1 aromatic carbocycles. The maximum absolute atomic E-state index is 12.4. The summed E-state index contributed by atoms with van der Waals surface area (Å²) in [4.78, 5) is 24.7. The van der Waals surface area contributed by atoms with Crippen molar-refractivity contribution >= 4 is 16.9 Å². The maximum Gasteiger partial charge on any atom is 0.287 e. The Morgan fingerprint density at radius 2 is 1.95 bits per heavy atom. The lowest BCUT2D eigenvalue weighted by molar-refractivity contribution is 0.0915. The molecule has 3 rings (SSSR count). The first kappa shape index (κ1) is 14.8. The molecule has 0 unspecified atom stereocenters. The standard InChI is InChI=1S/C18H21NO3/c1-12-16(20)14-9-5-6-10-15(14)22-17(12)18(21)19-11-13-7-3-2-4-8-13/h5-6,9-10,13H,2-4,7-8,11H2,1H3,(H,19,21). The molecule has 0 radical (unpaired) electrons. The molecule has 1 fully saturated rings. The Bertz CT molecular complexity index is 742. The lowest BCUT2D eigenvalue weighted by atomic mass is 9.89. The largest absolute Gasteiger partial charge is 0.450 e. The van der Waals surface area contributed by atoms with Gasteiger partial charge in [-0.15, -0.1) is 0 Å². The molecule has 2 aromatic rings. The van der Waals surface area contributed by atoms with Gasteiger partial charge >= 0.3 is 0 Å². The van der Waals surface area contributed by atoms with E-state index < -0.39 is 0 Å². The number of benzene rings is 1. The molecule has 116 valence electrons. The molecule has 1 heterocycles. The Balaban J connectivity index is 1.81. The second kappa shape index (κ2) is 6.34. The average molecular weight is 299 g/mol. The van der Waals surface area contributed by atoms with Crippen LogP contribution in [0, 0.1) is 12.8 Å². The van der Waals surface area contributed by atoms with E-state index in [2.05, 4.69) is 5.32 Å². The highest BCUT2D eigenvalue weighted by molar-refractivity contribution is 5.94. The molecule has 0 spiro atoms. The van der Waals surface area contributed by atoms with E-state index in [1.54, 1.807) is 31.2 Å². The van der Waals surface area contributed by atoms with Crippen LogP contribution in [0.1, 0.15) is 48.2 Å². The smallest absolute Gasteiger partial charge is 0.287 e. The number of carbonyl (C=O) groups is 1. The van der Waals surface area contributed by atoms with Crippen LogP contribution in [0.3, 0.4) is 0 Å². The number of nitrogens with one attached hydrogen (secondary N) is 1. The molecule has 1 saturated carbocycles. The van der Waals surface area contributed by atoms with Gasteiger partial charge in [-0.25, -0.2) is 0 Å². The van der Waals surface area contributed by atoms with Gasteiger partial charge in [-0.05, 0) is 37.8 Å². The third kappa shape index (κ3) is 2.91. The van der Waals surface area contributed by atoms with Crippen LogP contribution in [0.15, 0.2) is 33.5 Å². The molecule has 1 aliphatic rings. The van der Waals surface area contributed by atoms with Crippen molar-refractivity contribution in [2.45, 2.75) is 39.0 Å². The molecule has 0 bridgehead atoms. The van der Waals surface area contributed by atoms with E-state index in [4.69, 9.17) is 4.42 Å². The molecule has 4 heteroatoms. The zero-order valence-electron chi connectivity index (χ0n) is 12.9. The summed E-state index contributed by atoms with van der Waals surface area (Å²) in [7, 11) is 0. The van der Waals surface area contributed by atoms with E-state index in [1.165, 1.54) is 32.1 Å². The maximum atomic E-state index is 12.4. The van der Waals surface area contributed by atoms with E-state index in [0.29, 0.717) is 29.0 Å². The fourth-order valence-corrected chi connectivity index (χ4v) is 3.16. The van der Waals surface area contributed by atoms with Gasteiger partial charge in [0.1, 0.15) is 5.58 Å². The molecule has 1 aromatic heterocycles. The quantitative estimate of drug-likeness (QED) is 0.944. The van der Waals surface area contributed by atoms with E-state index in [0.717, 1.165) is 0 Å². The first-order valence-corrected chi connectivity index (χ1v) is 7.97. The van der Waals surface area contributed by atoms with Gasteiger partial charge in [0.25, 0.3) is 5.91 Å². The van der Waals surface area contributed by atoms with Crippen molar-refractivity contribution in [2.75, 3.05) is 6.54 Å². The third-order valence-electron chi connectivity index (χ3n) is 4.51. The van der Waals surface area contributed by atoms with Gasteiger partial charge in [0.15, 0.2) is 11.2 Å². The SMILES string of the molecule is Cc1c(C(=O)NCC2CCCCC2)oc2ccccc2c1=O. The predicted molar refractivity (Wildman–Crippen MR) is 86.1 cm³/mol. The van der Waals surface area contributed by atoms with Crippen LogP contribution in [0.5, 0.6) is 0 Å². The minimum atomic E-state index is -0.286. The number of hydrogen-bond donors (Lipinski definition) is 1. The Morgan fingerprint density at radius 3 is 2.73 bits per heavy atom. The van der Waals surface area contributed by atoms with Gasteiger partial charge in [-0.2, -0.15) is 0 Å². The van der Waals surface area contributed by atoms with E-state index in [9.17, 15) is 9.59 Å². The summed E-state index contributed by atoms with van der Waals surface area (Å²) in [5.74, 6) is 0.399. The summed E-state index contributed by atoms with van der Waals surface area (Å²) in [5, 5.41) is 3.45. The first-order chi connectivity index (χ1) is 10.7.